The number of carbonyl (C=O) groups is 1. The van der Waals surface area contributed by atoms with E-state index in [4.69, 9.17) is 4.74 Å². The predicted octanol–water partition coefficient (Wildman–Crippen LogP) is 2.49. The van der Waals surface area contributed by atoms with Gasteiger partial charge in [0.1, 0.15) is 0 Å². The Morgan fingerprint density at radius 2 is 2.24 bits per heavy atom. The van der Waals surface area contributed by atoms with Crippen LogP contribution >= 0.6 is 11.3 Å². The fourth-order valence-electron chi connectivity index (χ4n) is 1.09. The average molecular weight is 342 g/mol. The van der Waals surface area contributed by atoms with E-state index in [1.54, 1.807) is 18.4 Å². The van der Waals surface area contributed by atoms with Crippen LogP contribution in [0.3, 0.4) is 0 Å². The van der Waals surface area contributed by atoms with E-state index < -0.39 is 0 Å². The van der Waals surface area contributed by atoms with Gasteiger partial charge in [-0.15, -0.1) is 6.54 Å². The number of hydrogen-bond donors (Lipinski definition) is 0. The van der Waals surface area contributed by atoms with Gasteiger partial charge in [-0.25, -0.2) is 4.79 Å². The van der Waals surface area contributed by atoms with E-state index >= 15 is 0 Å². The van der Waals surface area contributed by atoms with E-state index in [1.165, 1.54) is 11.3 Å². The first-order valence-corrected chi connectivity index (χ1v) is 6.09. The number of nitrogens with zero attached hydrogens (tertiary/aromatic N) is 2. The van der Waals surface area contributed by atoms with Crippen LogP contribution in [0, 0.1) is 0 Å². The largest absolute Gasteiger partial charge is 1.00 e. The maximum Gasteiger partial charge on any atom is 1.00 e. The van der Waals surface area contributed by atoms with Crippen LogP contribution in [0.4, 0.5) is 5.00 Å². The molecule has 4 nitrogen and oxygen atoms in total. The van der Waals surface area contributed by atoms with E-state index in [-0.39, 0.29) is 25.4 Å². The van der Waals surface area contributed by atoms with Crippen molar-refractivity contribution in [1.82, 2.24) is 4.90 Å². The Hall–Kier alpha value is -0.447. The van der Waals surface area contributed by atoms with E-state index in [2.05, 4.69) is 10.2 Å². The number of esters is 1. The van der Waals surface area contributed by atoms with Gasteiger partial charge in [-0.05, 0) is 27.6 Å². The molecule has 0 atom stereocenters. The van der Waals surface area contributed by atoms with Crippen LogP contribution in [-0.4, -0.2) is 44.7 Å². The van der Waals surface area contributed by atoms with Crippen LogP contribution in [0.15, 0.2) is 11.4 Å². The Balaban J connectivity index is 0.00000256. The Morgan fingerprint density at radius 3 is 2.82 bits per heavy atom. The number of thiophene rings is 1. The maximum atomic E-state index is 11.4. The third-order valence-electron chi connectivity index (χ3n) is 1.91. The first kappa shape index (κ1) is 16.6. The molecular weight excluding hydrogens is 325 g/mol. The van der Waals surface area contributed by atoms with Crippen molar-refractivity contribution >= 4 is 22.3 Å². The van der Waals surface area contributed by atoms with E-state index in [9.17, 15) is 4.79 Å². The molecule has 0 N–H and O–H groups in total. The number of ether oxygens (including phenoxy) is 1. The van der Waals surface area contributed by atoms with E-state index in [0.717, 1.165) is 18.1 Å². The molecule has 0 aliphatic carbocycles. The van der Waals surface area contributed by atoms with Crippen LogP contribution in [0.25, 0.3) is 5.32 Å². The molecule has 17 heavy (non-hydrogen) atoms. The minimum atomic E-state index is -0.271. The molecule has 1 aromatic heterocycles. The minimum Gasteiger partial charge on any atom is -0.675 e. The standard InChI is InChI=1S/C11H17N2O2S.Ru/c1-4-15-11(14)9-7-10(16-8-9)12-5-6-13(2)3;/h7-8H,4-6H2,1-3H3;/q-1;+1. The zero-order valence-electron chi connectivity index (χ0n) is 10.2. The summed E-state index contributed by atoms with van der Waals surface area (Å²) in [7, 11) is 4.02. The monoisotopic (exact) mass is 343 g/mol. The molecule has 0 fully saturated rings. The molecule has 0 aliphatic rings. The van der Waals surface area contributed by atoms with Gasteiger partial charge >= 0.3 is 25.4 Å². The van der Waals surface area contributed by atoms with Gasteiger partial charge < -0.3 is 15.0 Å². The number of carbonyl (C=O) groups excluding carboxylic acids is 1. The summed E-state index contributed by atoms with van der Waals surface area (Å²) in [6.07, 6.45) is 0. The van der Waals surface area contributed by atoms with Crippen molar-refractivity contribution in [3.8, 4) is 0 Å². The summed E-state index contributed by atoms with van der Waals surface area (Å²) in [5, 5.41) is 7.04. The molecule has 0 saturated carbocycles. The molecule has 0 amide bonds. The van der Waals surface area contributed by atoms with Gasteiger partial charge in [-0.2, -0.15) is 11.3 Å². The summed E-state index contributed by atoms with van der Waals surface area (Å²) < 4.78 is 4.90. The van der Waals surface area contributed by atoms with Crippen molar-refractivity contribution in [2.24, 2.45) is 0 Å². The predicted molar refractivity (Wildman–Crippen MR) is 66.7 cm³/mol. The zero-order chi connectivity index (χ0) is 12.0. The normalized spacial score (nSPS) is 9.88. The molecule has 97 valence electrons. The van der Waals surface area contributed by atoms with Crippen LogP contribution in [0.5, 0.6) is 0 Å². The smallest absolute Gasteiger partial charge is 0.675 e. The SMILES string of the molecule is CCOC(=O)c1csc([N-]CCN(C)C)c1.[Ru+]. The van der Waals surface area contributed by atoms with Gasteiger partial charge in [0.25, 0.3) is 0 Å². The molecule has 1 aromatic rings. The second-order valence-electron chi connectivity index (χ2n) is 3.58. The molecule has 0 saturated heterocycles. The van der Waals surface area contributed by atoms with Crippen molar-refractivity contribution in [2.45, 2.75) is 6.92 Å². The molecule has 1 heterocycles. The average Bonchev–Trinajstić information content (AvgIpc) is 2.66. The van der Waals surface area contributed by atoms with E-state index in [1.807, 2.05) is 14.1 Å². The molecule has 6 heteroatoms. The Kier molecular flexibility index (Phi) is 8.39. The number of hydrogen-bond acceptors (Lipinski definition) is 4. The molecule has 0 spiro atoms. The molecule has 1 rings (SSSR count). The van der Waals surface area contributed by atoms with Crippen LogP contribution < -0.4 is 0 Å². The summed E-state index contributed by atoms with van der Waals surface area (Å²) in [6, 6.07) is 1.78. The van der Waals surface area contributed by atoms with Crippen LogP contribution in [0.2, 0.25) is 0 Å². The van der Waals surface area contributed by atoms with Crippen molar-refractivity contribution in [3.05, 3.63) is 22.3 Å². The van der Waals surface area contributed by atoms with Crippen molar-refractivity contribution in [3.63, 3.8) is 0 Å². The maximum absolute atomic E-state index is 11.4. The van der Waals surface area contributed by atoms with Crippen molar-refractivity contribution in [2.75, 3.05) is 33.8 Å². The third kappa shape index (κ3) is 6.15. The third-order valence-corrected chi connectivity index (χ3v) is 2.77. The second kappa shape index (κ2) is 8.62. The van der Waals surface area contributed by atoms with Crippen LogP contribution in [-0.2, 0) is 24.2 Å². The van der Waals surface area contributed by atoms with Gasteiger partial charge in [0.15, 0.2) is 0 Å². The van der Waals surface area contributed by atoms with E-state index in [0.29, 0.717) is 12.2 Å². The summed E-state index contributed by atoms with van der Waals surface area (Å²) in [5.41, 5.74) is 0.593. The molecule has 0 unspecified atom stereocenters. The zero-order valence-corrected chi connectivity index (χ0v) is 12.8. The molecule has 0 aromatic carbocycles. The summed E-state index contributed by atoms with van der Waals surface area (Å²) in [5.74, 6) is -0.271. The van der Waals surface area contributed by atoms with Gasteiger partial charge in [0.05, 0.1) is 12.2 Å². The second-order valence-corrected chi connectivity index (χ2v) is 4.47. The number of likely N-dealkylation sites (N-methyl/N-ethyl adjacent to an activating group) is 1. The fourth-order valence-corrected chi connectivity index (χ4v) is 1.86. The minimum absolute atomic E-state index is 0. The Morgan fingerprint density at radius 1 is 1.53 bits per heavy atom. The van der Waals surface area contributed by atoms with Crippen LogP contribution in [0.1, 0.15) is 17.3 Å². The molecule has 0 aliphatic heterocycles. The first-order valence-electron chi connectivity index (χ1n) is 5.21. The molecule has 0 bridgehead atoms. The number of rotatable bonds is 6. The van der Waals surface area contributed by atoms with Crippen molar-refractivity contribution in [1.29, 1.82) is 0 Å². The summed E-state index contributed by atoms with van der Waals surface area (Å²) >= 11 is 1.47. The molecular formula is C11H17N2O2RuS. The quantitative estimate of drug-likeness (QED) is 0.589. The Bertz CT molecular complexity index is 342. The van der Waals surface area contributed by atoms with Gasteiger partial charge in [-0.3, -0.25) is 0 Å². The van der Waals surface area contributed by atoms with Gasteiger partial charge in [0, 0.05) is 5.38 Å². The molecule has 1 radical (unpaired) electrons. The van der Waals surface area contributed by atoms with Gasteiger partial charge in [-0.1, -0.05) is 11.1 Å². The fraction of sp³-hybridized carbons (Fsp3) is 0.545. The van der Waals surface area contributed by atoms with Gasteiger partial charge in [0.2, 0.25) is 0 Å². The Labute approximate surface area is 119 Å². The summed E-state index contributed by atoms with van der Waals surface area (Å²) in [4.78, 5) is 13.4. The first-order chi connectivity index (χ1) is 7.63. The van der Waals surface area contributed by atoms with Crippen molar-refractivity contribution < 1.29 is 29.0 Å². The topological polar surface area (TPSA) is 43.6 Å². The summed E-state index contributed by atoms with van der Waals surface area (Å²) in [6.45, 7) is 3.86.